The molecule has 1 unspecified atom stereocenters. The first-order chi connectivity index (χ1) is 20.7. The van der Waals surface area contributed by atoms with Crippen LogP contribution in [0.4, 0.5) is 18.9 Å². The van der Waals surface area contributed by atoms with E-state index in [0.717, 1.165) is 17.4 Å². The molecule has 1 N–H and O–H groups in total. The van der Waals surface area contributed by atoms with Crippen LogP contribution in [-0.4, -0.2) is 44.3 Å². The summed E-state index contributed by atoms with van der Waals surface area (Å²) in [5, 5.41) is 2.85. The molecule has 3 aromatic rings. The molecule has 7 nitrogen and oxygen atoms in total. The lowest BCUT2D eigenvalue weighted by atomic mass is 10.1. The van der Waals surface area contributed by atoms with Gasteiger partial charge in [-0.2, -0.15) is 13.2 Å². The van der Waals surface area contributed by atoms with Gasteiger partial charge in [0.1, 0.15) is 12.6 Å². The summed E-state index contributed by atoms with van der Waals surface area (Å²) in [6, 6.07) is 12.7. The molecule has 3 aromatic carbocycles. The highest BCUT2D eigenvalue weighted by Crippen LogP contribution is 2.37. The first kappa shape index (κ1) is 35.5. The van der Waals surface area contributed by atoms with E-state index >= 15 is 0 Å². The van der Waals surface area contributed by atoms with Crippen molar-refractivity contribution in [1.82, 2.24) is 10.2 Å². The van der Waals surface area contributed by atoms with Gasteiger partial charge in [-0.05, 0) is 55.3 Å². The lowest BCUT2D eigenvalue weighted by Crippen LogP contribution is -2.52. The Hall–Kier alpha value is -2.99. The van der Waals surface area contributed by atoms with Crippen molar-refractivity contribution in [3.05, 3.63) is 92.9 Å². The minimum atomic E-state index is -4.83. The van der Waals surface area contributed by atoms with Crippen LogP contribution >= 0.6 is 34.8 Å². The van der Waals surface area contributed by atoms with Crippen LogP contribution in [0.2, 0.25) is 15.1 Å². The zero-order valence-corrected chi connectivity index (χ0v) is 27.0. The molecule has 238 valence electrons. The zero-order valence-electron chi connectivity index (χ0n) is 23.9. The van der Waals surface area contributed by atoms with Gasteiger partial charge in [0.2, 0.25) is 11.8 Å². The standard InChI is InChI=1S/C30H31Cl3F3N3O4S/c1-3-5-16-37-29(41)26(4-2)38(18-22-23(31)12-9-13-24(22)32)28(40)19-39(44(42,43)21-10-7-6-8-11-21)27-17-20(30(34,35)36)14-15-25(27)33/h6-15,17,26H,3-5,16,18-19H2,1-2H3,(H,37,41). The van der Waals surface area contributed by atoms with Crippen LogP contribution in [0.5, 0.6) is 0 Å². The number of halogens is 6. The number of rotatable bonds is 13. The van der Waals surface area contributed by atoms with Crippen LogP contribution < -0.4 is 9.62 Å². The molecule has 2 amide bonds. The Morgan fingerprint density at radius 3 is 2.11 bits per heavy atom. The van der Waals surface area contributed by atoms with E-state index in [-0.39, 0.29) is 32.9 Å². The molecule has 0 aliphatic rings. The minimum Gasteiger partial charge on any atom is -0.354 e. The van der Waals surface area contributed by atoms with Gasteiger partial charge in [0.25, 0.3) is 10.0 Å². The van der Waals surface area contributed by atoms with Crippen molar-refractivity contribution in [2.45, 2.75) is 56.8 Å². The fraction of sp³-hybridized carbons (Fsp3) is 0.333. The molecule has 44 heavy (non-hydrogen) atoms. The molecular formula is C30H31Cl3F3N3O4S. The van der Waals surface area contributed by atoms with Crippen molar-refractivity contribution in [2.24, 2.45) is 0 Å². The van der Waals surface area contributed by atoms with E-state index < -0.39 is 51.9 Å². The normalized spacial score (nSPS) is 12.5. The monoisotopic (exact) mass is 691 g/mol. The average Bonchev–Trinajstić information content (AvgIpc) is 2.97. The fourth-order valence-electron chi connectivity index (χ4n) is 4.39. The van der Waals surface area contributed by atoms with Crippen molar-refractivity contribution >= 4 is 62.3 Å². The predicted molar refractivity (Wildman–Crippen MR) is 166 cm³/mol. The van der Waals surface area contributed by atoms with Crippen LogP contribution in [0.1, 0.15) is 44.2 Å². The van der Waals surface area contributed by atoms with Crippen LogP contribution in [0, 0.1) is 0 Å². The smallest absolute Gasteiger partial charge is 0.354 e. The number of anilines is 1. The summed E-state index contributed by atoms with van der Waals surface area (Å²) in [4.78, 5) is 28.3. The number of benzene rings is 3. The van der Waals surface area contributed by atoms with Crippen molar-refractivity contribution in [2.75, 3.05) is 17.4 Å². The van der Waals surface area contributed by atoms with Gasteiger partial charge in [-0.25, -0.2) is 8.42 Å². The molecule has 0 bridgehead atoms. The fourth-order valence-corrected chi connectivity index (χ4v) is 6.63. The minimum absolute atomic E-state index is 0.127. The number of nitrogens with one attached hydrogen (secondary N) is 1. The second-order valence-corrected chi connectivity index (χ2v) is 12.9. The van der Waals surface area contributed by atoms with Crippen molar-refractivity contribution < 1.29 is 31.2 Å². The summed E-state index contributed by atoms with van der Waals surface area (Å²) in [6.07, 6.45) is -3.22. The summed E-state index contributed by atoms with van der Waals surface area (Å²) in [5.74, 6) is -1.39. The van der Waals surface area contributed by atoms with Crippen LogP contribution in [0.25, 0.3) is 0 Å². The van der Waals surface area contributed by atoms with E-state index in [0.29, 0.717) is 35.0 Å². The quantitative estimate of drug-likeness (QED) is 0.187. The van der Waals surface area contributed by atoms with Crippen molar-refractivity contribution in [3.8, 4) is 0 Å². The Labute approximate surface area is 269 Å². The number of alkyl halides is 3. The second-order valence-electron chi connectivity index (χ2n) is 9.78. The van der Waals surface area contributed by atoms with E-state index in [1.54, 1.807) is 31.2 Å². The highest BCUT2D eigenvalue weighted by molar-refractivity contribution is 7.92. The highest BCUT2D eigenvalue weighted by atomic mass is 35.5. The topological polar surface area (TPSA) is 86.8 Å². The second kappa shape index (κ2) is 15.3. The molecule has 0 aliphatic heterocycles. The molecule has 0 saturated heterocycles. The number of amides is 2. The first-order valence-electron chi connectivity index (χ1n) is 13.7. The predicted octanol–water partition coefficient (Wildman–Crippen LogP) is 7.58. The number of unbranched alkanes of at least 4 members (excludes halogenated alkanes) is 1. The zero-order chi connectivity index (χ0) is 32.7. The third-order valence-electron chi connectivity index (χ3n) is 6.76. The first-order valence-corrected chi connectivity index (χ1v) is 16.2. The Bertz CT molecular complexity index is 1550. The number of sulfonamides is 1. The molecule has 0 spiro atoms. The third kappa shape index (κ3) is 8.59. The molecule has 3 rings (SSSR count). The average molecular weight is 693 g/mol. The summed E-state index contributed by atoms with van der Waals surface area (Å²) in [7, 11) is -4.65. The Balaban J connectivity index is 2.17. The van der Waals surface area contributed by atoms with E-state index in [4.69, 9.17) is 34.8 Å². The summed E-state index contributed by atoms with van der Waals surface area (Å²) >= 11 is 19.1. The molecule has 14 heteroatoms. The van der Waals surface area contributed by atoms with Crippen LogP contribution in [0.15, 0.2) is 71.6 Å². The van der Waals surface area contributed by atoms with E-state index in [1.165, 1.54) is 24.3 Å². The van der Waals surface area contributed by atoms with Crippen molar-refractivity contribution in [3.63, 3.8) is 0 Å². The molecule has 0 fully saturated rings. The number of carbonyl (C=O) groups excluding carboxylic acids is 2. The lowest BCUT2D eigenvalue weighted by molar-refractivity contribution is -0.140. The van der Waals surface area contributed by atoms with Gasteiger partial charge >= 0.3 is 6.18 Å². The van der Waals surface area contributed by atoms with Gasteiger partial charge in [-0.1, -0.05) is 79.3 Å². The number of nitrogens with zero attached hydrogens (tertiary/aromatic N) is 2. The number of hydrogen-bond acceptors (Lipinski definition) is 4. The Morgan fingerprint density at radius 2 is 1.55 bits per heavy atom. The molecular weight excluding hydrogens is 662 g/mol. The SMILES string of the molecule is CCCCNC(=O)C(CC)N(Cc1c(Cl)cccc1Cl)C(=O)CN(c1cc(C(F)(F)F)ccc1Cl)S(=O)(=O)c1ccccc1. The summed E-state index contributed by atoms with van der Waals surface area (Å²) < 4.78 is 69.5. The lowest BCUT2D eigenvalue weighted by Gasteiger charge is -2.34. The molecule has 0 aromatic heterocycles. The summed E-state index contributed by atoms with van der Waals surface area (Å²) in [5.41, 5.74) is -1.42. The number of hydrogen-bond donors (Lipinski definition) is 1. The molecule has 0 heterocycles. The van der Waals surface area contributed by atoms with E-state index in [9.17, 15) is 31.2 Å². The summed E-state index contributed by atoms with van der Waals surface area (Å²) in [6.45, 7) is 2.68. The van der Waals surface area contributed by atoms with Gasteiger partial charge in [-0.15, -0.1) is 0 Å². The van der Waals surface area contributed by atoms with Gasteiger partial charge in [0.05, 0.1) is 21.2 Å². The van der Waals surface area contributed by atoms with Gasteiger partial charge in [-0.3, -0.25) is 13.9 Å². The molecule has 0 saturated carbocycles. The van der Waals surface area contributed by atoms with Crippen LogP contribution in [0.3, 0.4) is 0 Å². The van der Waals surface area contributed by atoms with Gasteiger partial charge in [0, 0.05) is 28.7 Å². The van der Waals surface area contributed by atoms with E-state index in [2.05, 4.69) is 5.32 Å². The molecule has 0 aliphatic carbocycles. The maximum atomic E-state index is 14.1. The highest BCUT2D eigenvalue weighted by Gasteiger charge is 2.37. The van der Waals surface area contributed by atoms with Gasteiger partial charge in [0.15, 0.2) is 0 Å². The van der Waals surface area contributed by atoms with Crippen molar-refractivity contribution in [1.29, 1.82) is 0 Å². The number of carbonyl (C=O) groups is 2. The molecule has 1 atom stereocenters. The maximum absolute atomic E-state index is 14.1. The largest absolute Gasteiger partial charge is 0.416 e. The van der Waals surface area contributed by atoms with Crippen LogP contribution in [-0.2, 0) is 32.3 Å². The molecule has 0 radical (unpaired) electrons. The van der Waals surface area contributed by atoms with E-state index in [1.807, 2.05) is 6.92 Å². The van der Waals surface area contributed by atoms with Gasteiger partial charge < -0.3 is 10.2 Å². The Morgan fingerprint density at radius 1 is 0.909 bits per heavy atom. The Kier molecular flexibility index (Phi) is 12.4. The third-order valence-corrected chi connectivity index (χ3v) is 9.56. The maximum Gasteiger partial charge on any atom is 0.416 e.